The zero-order valence-corrected chi connectivity index (χ0v) is 11.7. The van der Waals surface area contributed by atoms with Gasteiger partial charge in [-0.15, -0.1) is 0 Å². The first-order valence-corrected chi connectivity index (χ1v) is 6.30. The fourth-order valence-corrected chi connectivity index (χ4v) is 2.18. The molecule has 0 atom stereocenters. The smallest absolute Gasteiger partial charge is 0.174 e. The summed E-state index contributed by atoms with van der Waals surface area (Å²) in [7, 11) is 0. The van der Waals surface area contributed by atoms with Crippen LogP contribution in [0.4, 0.5) is 0 Å². The molecular weight excluding hydrogens is 304 g/mol. The van der Waals surface area contributed by atoms with E-state index in [9.17, 15) is 0 Å². The van der Waals surface area contributed by atoms with E-state index in [4.69, 9.17) is 46.4 Å². The molecule has 0 fully saturated rings. The average Bonchev–Trinajstić information content (AvgIpc) is 2.64. The van der Waals surface area contributed by atoms with Crippen LogP contribution in [0.5, 0.6) is 0 Å². The summed E-state index contributed by atoms with van der Waals surface area (Å²) in [6.07, 6.45) is 0.748. The second-order valence-corrected chi connectivity index (χ2v) is 4.85. The predicted molar refractivity (Wildman–Crippen MR) is 70.8 cm³/mol. The number of hydrogen-bond acceptors (Lipinski definition) is 2. The Balaban J connectivity index is 2.63. The second kappa shape index (κ2) is 5.02. The lowest BCUT2D eigenvalue weighted by Gasteiger charge is -2.07. The van der Waals surface area contributed by atoms with Crippen molar-refractivity contribution in [1.82, 2.24) is 14.8 Å². The molecule has 90 valence electrons. The number of aryl methyl sites for hydroxylation is 1. The predicted octanol–water partition coefficient (Wildman–Crippen LogP) is 4.44. The van der Waals surface area contributed by atoms with Gasteiger partial charge in [-0.2, -0.15) is 5.10 Å². The Morgan fingerprint density at radius 2 is 1.82 bits per heavy atom. The zero-order chi connectivity index (χ0) is 12.6. The quantitative estimate of drug-likeness (QED) is 0.768. The second-order valence-electron chi connectivity index (χ2n) is 3.29. The molecule has 0 spiro atoms. The van der Waals surface area contributed by atoms with Gasteiger partial charge in [-0.1, -0.05) is 53.3 Å². The van der Waals surface area contributed by atoms with Crippen molar-refractivity contribution in [3.05, 3.63) is 38.2 Å². The van der Waals surface area contributed by atoms with Gasteiger partial charge in [-0.25, -0.2) is 9.67 Å². The molecule has 0 aromatic carbocycles. The van der Waals surface area contributed by atoms with E-state index >= 15 is 0 Å². The molecule has 0 N–H and O–H groups in total. The molecule has 0 saturated heterocycles. The number of rotatable bonds is 2. The lowest BCUT2D eigenvalue weighted by molar-refractivity contribution is 0.790. The van der Waals surface area contributed by atoms with E-state index < -0.39 is 0 Å². The topological polar surface area (TPSA) is 30.7 Å². The van der Waals surface area contributed by atoms with Crippen LogP contribution in [0.2, 0.25) is 20.4 Å². The Bertz CT molecular complexity index is 565. The third-order valence-corrected chi connectivity index (χ3v) is 3.32. The van der Waals surface area contributed by atoms with Gasteiger partial charge in [0, 0.05) is 5.69 Å². The molecule has 0 bridgehead atoms. The standard InChI is InChI=1S/C10H7Cl4N3/c1-2-5-3-8(13)16-17(5)10-7(12)4-6(11)9(14)15-10/h3-4H,2H2,1H3. The van der Waals surface area contributed by atoms with Crippen LogP contribution in [-0.4, -0.2) is 14.8 Å². The highest BCUT2D eigenvalue weighted by Gasteiger charge is 2.14. The van der Waals surface area contributed by atoms with Gasteiger partial charge in [0.05, 0.1) is 10.0 Å². The number of pyridine rings is 1. The summed E-state index contributed by atoms with van der Waals surface area (Å²) in [4.78, 5) is 4.11. The molecule has 3 nitrogen and oxygen atoms in total. The van der Waals surface area contributed by atoms with Crippen molar-refractivity contribution < 1.29 is 0 Å². The largest absolute Gasteiger partial charge is 0.216 e. The van der Waals surface area contributed by atoms with Crippen molar-refractivity contribution in [1.29, 1.82) is 0 Å². The summed E-state index contributed by atoms with van der Waals surface area (Å²) in [5, 5.41) is 5.35. The Morgan fingerprint density at radius 1 is 1.12 bits per heavy atom. The van der Waals surface area contributed by atoms with Crippen molar-refractivity contribution in [3.8, 4) is 5.82 Å². The highest BCUT2D eigenvalue weighted by atomic mass is 35.5. The molecule has 2 rings (SSSR count). The Kier molecular flexibility index (Phi) is 3.83. The van der Waals surface area contributed by atoms with Crippen LogP contribution in [0.3, 0.4) is 0 Å². The highest BCUT2D eigenvalue weighted by molar-refractivity contribution is 6.42. The Hall–Kier alpha value is -0.480. The van der Waals surface area contributed by atoms with E-state index in [2.05, 4.69) is 10.1 Å². The van der Waals surface area contributed by atoms with E-state index in [0.717, 1.165) is 12.1 Å². The number of hydrogen-bond donors (Lipinski definition) is 0. The average molecular weight is 311 g/mol. The third kappa shape index (κ3) is 2.52. The molecule has 0 amide bonds. The lowest BCUT2D eigenvalue weighted by atomic mass is 10.3. The fourth-order valence-electron chi connectivity index (χ4n) is 1.41. The first-order chi connectivity index (χ1) is 8.02. The van der Waals surface area contributed by atoms with Gasteiger partial charge in [0.25, 0.3) is 0 Å². The summed E-state index contributed by atoms with van der Waals surface area (Å²) in [5.41, 5.74) is 0.891. The van der Waals surface area contributed by atoms with Crippen LogP contribution in [0.1, 0.15) is 12.6 Å². The molecule has 0 aliphatic heterocycles. The number of aromatic nitrogens is 3. The number of halogens is 4. The van der Waals surface area contributed by atoms with Gasteiger partial charge in [0.15, 0.2) is 11.0 Å². The molecule has 2 aromatic rings. The van der Waals surface area contributed by atoms with Gasteiger partial charge < -0.3 is 0 Å². The summed E-state index contributed by atoms with van der Waals surface area (Å²) < 4.78 is 1.56. The fraction of sp³-hybridized carbons (Fsp3) is 0.200. The SMILES string of the molecule is CCc1cc(Cl)nn1-c1nc(Cl)c(Cl)cc1Cl. The summed E-state index contributed by atoms with van der Waals surface area (Å²) >= 11 is 23.6. The van der Waals surface area contributed by atoms with Crippen molar-refractivity contribution in [3.63, 3.8) is 0 Å². The van der Waals surface area contributed by atoms with Gasteiger partial charge in [0.1, 0.15) is 5.15 Å². The number of nitrogens with zero attached hydrogens (tertiary/aromatic N) is 3. The first kappa shape index (κ1) is 13.0. The molecule has 0 unspecified atom stereocenters. The van der Waals surface area contributed by atoms with Crippen LogP contribution in [0.25, 0.3) is 5.82 Å². The molecule has 17 heavy (non-hydrogen) atoms. The minimum absolute atomic E-state index is 0.180. The van der Waals surface area contributed by atoms with E-state index in [-0.39, 0.29) is 5.15 Å². The maximum absolute atomic E-state index is 6.06. The van der Waals surface area contributed by atoms with Crippen LogP contribution in [0.15, 0.2) is 12.1 Å². The monoisotopic (exact) mass is 309 g/mol. The zero-order valence-electron chi connectivity index (χ0n) is 8.72. The van der Waals surface area contributed by atoms with E-state index in [1.54, 1.807) is 10.7 Å². The molecule has 0 radical (unpaired) electrons. The summed E-state index contributed by atoms with van der Waals surface area (Å²) in [6, 6.07) is 3.28. The van der Waals surface area contributed by atoms with Gasteiger partial charge in [0.2, 0.25) is 0 Å². The molecule has 2 heterocycles. The molecule has 0 saturated carbocycles. The van der Waals surface area contributed by atoms with E-state index in [0.29, 0.717) is 21.0 Å². The summed E-state index contributed by atoms with van der Waals surface area (Å²) in [5.74, 6) is 0.421. The lowest BCUT2D eigenvalue weighted by Crippen LogP contribution is -2.05. The molecular formula is C10H7Cl4N3. The van der Waals surface area contributed by atoms with Gasteiger partial charge in [-0.3, -0.25) is 0 Å². The third-order valence-electron chi connectivity index (χ3n) is 2.18. The highest BCUT2D eigenvalue weighted by Crippen LogP contribution is 2.29. The van der Waals surface area contributed by atoms with Crippen molar-refractivity contribution in [2.24, 2.45) is 0 Å². The van der Waals surface area contributed by atoms with Crippen LogP contribution >= 0.6 is 46.4 Å². The van der Waals surface area contributed by atoms with Crippen LogP contribution in [-0.2, 0) is 6.42 Å². The summed E-state index contributed by atoms with van der Waals surface area (Å²) in [6.45, 7) is 1.98. The van der Waals surface area contributed by atoms with Crippen molar-refractivity contribution in [2.75, 3.05) is 0 Å². The van der Waals surface area contributed by atoms with Crippen LogP contribution < -0.4 is 0 Å². The Labute approximate surface area is 118 Å². The first-order valence-electron chi connectivity index (χ1n) is 4.79. The van der Waals surface area contributed by atoms with E-state index in [1.807, 2.05) is 6.92 Å². The van der Waals surface area contributed by atoms with Crippen molar-refractivity contribution >= 4 is 46.4 Å². The van der Waals surface area contributed by atoms with E-state index in [1.165, 1.54) is 6.07 Å². The maximum atomic E-state index is 6.06. The normalized spacial score (nSPS) is 10.9. The Morgan fingerprint density at radius 3 is 2.47 bits per heavy atom. The van der Waals surface area contributed by atoms with Crippen molar-refractivity contribution in [2.45, 2.75) is 13.3 Å². The van der Waals surface area contributed by atoms with Crippen LogP contribution in [0, 0.1) is 0 Å². The van der Waals surface area contributed by atoms with Gasteiger partial charge >= 0.3 is 0 Å². The molecule has 0 aliphatic carbocycles. The molecule has 0 aliphatic rings. The molecule has 2 aromatic heterocycles. The molecule has 7 heteroatoms. The maximum Gasteiger partial charge on any atom is 0.174 e. The minimum Gasteiger partial charge on any atom is -0.216 e. The minimum atomic E-state index is 0.180. The van der Waals surface area contributed by atoms with Gasteiger partial charge in [-0.05, 0) is 18.6 Å².